The number of Topliss-reactive ketones (excluding diaryl/α,β-unsaturated/α-hetero) is 1. The van der Waals surface area contributed by atoms with Gasteiger partial charge in [0.15, 0.2) is 5.78 Å². The molecule has 2 amide bonds. The van der Waals surface area contributed by atoms with Gasteiger partial charge in [-0.1, -0.05) is 54.6 Å². The maximum Gasteiger partial charge on any atom is 0.321 e. The monoisotopic (exact) mass is 363 g/mol. The molecule has 0 radical (unpaired) electrons. The molecule has 0 bridgehead atoms. The van der Waals surface area contributed by atoms with Crippen molar-refractivity contribution in [3.8, 4) is 0 Å². The van der Waals surface area contributed by atoms with Crippen molar-refractivity contribution in [2.75, 3.05) is 38.0 Å². The van der Waals surface area contributed by atoms with Crippen molar-refractivity contribution in [2.24, 2.45) is 0 Å². The average Bonchev–Trinajstić information content (AvgIpc) is 2.69. The molecular weight excluding hydrogens is 338 g/mol. The summed E-state index contributed by atoms with van der Waals surface area (Å²) in [5.74, 6) is -0.0109. The van der Waals surface area contributed by atoms with Crippen LogP contribution in [0.4, 0.5) is 10.5 Å². The van der Waals surface area contributed by atoms with E-state index in [-0.39, 0.29) is 11.8 Å². The van der Waals surface area contributed by atoms with Gasteiger partial charge in [-0.05, 0) is 24.6 Å². The van der Waals surface area contributed by atoms with Gasteiger partial charge in [0.25, 0.3) is 0 Å². The van der Waals surface area contributed by atoms with Crippen LogP contribution < -0.4 is 5.32 Å². The molecule has 27 heavy (non-hydrogen) atoms. The van der Waals surface area contributed by atoms with E-state index in [9.17, 15) is 9.59 Å². The van der Waals surface area contributed by atoms with Crippen molar-refractivity contribution >= 4 is 23.6 Å². The van der Waals surface area contributed by atoms with E-state index >= 15 is 0 Å². The van der Waals surface area contributed by atoms with E-state index in [1.165, 1.54) is 12.5 Å². The van der Waals surface area contributed by atoms with Gasteiger partial charge < -0.3 is 10.2 Å². The molecule has 1 heterocycles. The third-order valence-electron chi connectivity index (χ3n) is 4.65. The molecule has 2 aromatic carbocycles. The highest BCUT2D eigenvalue weighted by Crippen LogP contribution is 2.13. The number of benzene rings is 2. The molecule has 1 fully saturated rings. The summed E-state index contributed by atoms with van der Waals surface area (Å²) >= 11 is 0. The fraction of sp³-hybridized carbons (Fsp3) is 0.273. The highest BCUT2D eigenvalue weighted by Gasteiger charge is 2.20. The maximum absolute atomic E-state index is 12.5. The van der Waals surface area contributed by atoms with E-state index in [4.69, 9.17) is 0 Å². The molecule has 0 spiro atoms. The Morgan fingerprint density at radius 1 is 1.00 bits per heavy atom. The van der Waals surface area contributed by atoms with Crippen LogP contribution in [0.2, 0.25) is 0 Å². The minimum absolute atomic E-state index is 0.0109. The largest absolute Gasteiger partial charge is 0.322 e. The van der Waals surface area contributed by atoms with Gasteiger partial charge in [-0.3, -0.25) is 9.69 Å². The molecule has 0 saturated carbocycles. The number of rotatable bonds is 5. The molecule has 5 nitrogen and oxygen atoms in total. The van der Waals surface area contributed by atoms with E-state index in [1.807, 2.05) is 23.1 Å². The third-order valence-corrected chi connectivity index (χ3v) is 4.65. The van der Waals surface area contributed by atoms with Gasteiger partial charge in [-0.25, -0.2) is 4.79 Å². The number of nitrogens with zero attached hydrogens (tertiary/aromatic N) is 2. The Labute approximate surface area is 160 Å². The van der Waals surface area contributed by atoms with Crippen LogP contribution in [0.3, 0.4) is 0 Å². The minimum Gasteiger partial charge on any atom is -0.322 e. The molecule has 3 rings (SSSR count). The van der Waals surface area contributed by atoms with Crippen molar-refractivity contribution < 1.29 is 9.59 Å². The second-order valence-electron chi connectivity index (χ2n) is 6.67. The summed E-state index contributed by atoms with van der Waals surface area (Å²) in [6, 6.07) is 17.2. The van der Waals surface area contributed by atoms with Crippen molar-refractivity contribution in [1.29, 1.82) is 0 Å². The third kappa shape index (κ3) is 5.53. The second-order valence-corrected chi connectivity index (χ2v) is 6.67. The lowest BCUT2D eigenvalue weighted by Gasteiger charge is -2.34. The molecule has 1 saturated heterocycles. The summed E-state index contributed by atoms with van der Waals surface area (Å²) in [6.45, 7) is 5.48. The number of hydrogen-bond donors (Lipinski definition) is 1. The quantitative estimate of drug-likeness (QED) is 0.823. The summed E-state index contributed by atoms with van der Waals surface area (Å²) < 4.78 is 0. The van der Waals surface area contributed by atoms with Gasteiger partial charge in [0.05, 0.1) is 0 Å². The molecule has 1 aliphatic heterocycles. The van der Waals surface area contributed by atoms with Crippen LogP contribution in [0.1, 0.15) is 22.8 Å². The summed E-state index contributed by atoms with van der Waals surface area (Å²) in [4.78, 5) is 28.1. The zero-order chi connectivity index (χ0) is 19.1. The lowest BCUT2D eigenvalue weighted by molar-refractivity contribution is 0.101. The Hall–Kier alpha value is -2.92. The highest BCUT2D eigenvalue weighted by molar-refractivity contribution is 5.96. The second kappa shape index (κ2) is 9.14. The van der Waals surface area contributed by atoms with E-state index < -0.39 is 0 Å². The van der Waals surface area contributed by atoms with Gasteiger partial charge in [-0.2, -0.15) is 0 Å². The first kappa shape index (κ1) is 18.9. The average molecular weight is 363 g/mol. The summed E-state index contributed by atoms with van der Waals surface area (Å²) in [5.41, 5.74) is 2.45. The Morgan fingerprint density at radius 2 is 1.74 bits per heavy atom. The molecule has 0 aliphatic carbocycles. The van der Waals surface area contributed by atoms with E-state index in [0.717, 1.165) is 19.6 Å². The van der Waals surface area contributed by atoms with Crippen LogP contribution in [0.5, 0.6) is 0 Å². The SMILES string of the molecule is CC(=O)c1cccc(NC(=O)N2CCN(C/C=C/c3ccccc3)CC2)c1. The van der Waals surface area contributed by atoms with Crippen LogP contribution in [0.15, 0.2) is 60.7 Å². The van der Waals surface area contributed by atoms with Crippen molar-refractivity contribution in [3.63, 3.8) is 0 Å². The topological polar surface area (TPSA) is 52.7 Å². The van der Waals surface area contributed by atoms with E-state index in [2.05, 4.69) is 34.5 Å². The minimum atomic E-state index is -0.116. The molecule has 2 aromatic rings. The fourth-order valence-corrected chi connectivity index (χ4v) is 3.05. The molecule has 5 heteroatoms. The van der Waals surface area contributed by atoms with Gasteiger partial charge >= 0.3 is 6.03 Å². The highest BCUT2D eigenvalue weighted by atomic mass is 16.2. The lowest BCUT2D eigenvalue weighted by Crippen LogP contribution is -2.49. The predicted molar refractivity (Wildman–Crippen MR) is 109 cm³/mol. The molecule has 0 unspecified atom stereocenters. The number of carbonyl (C=O) groups is 2. The Morgan fingerprint density at radius 3 is 2.44 bits per heavy atom. The van der Waals surface area contributed by atoms with E-state index in [1.54, 1.807) is 24.3 Å². The van der Waals surface area contributed by atoms with Crippen LogP contribution in [0, 0.1) is 0 Å². The summed E-state index contributed by atoms with van der Waals surface area (Å²) in [7, 11) is 0. The van der Waals surface area contributed by atoms with Crippen LogP contribution in [-0.4, -0.2) is 54.3 Å². The van der Waals surface area contributed by atoms with Crippen molar-refractivity contribution in [3.05, 3.63) is 71.8 Å². The van der Waals surface area contributed by atoms with Crippen LogP contribution in [-0.2, 0) is 0 Å². The first-order valence-corrected chi connectivity index (χ1v) is 9.23. The first-order chi connectivity index (χ1) is 13.1. The number of ketones is 1. The van der Waals surface area contributed by atoms with Gasteiger partial charge in [0.1, 0.15) is 0 Å². The summed E-state index contributed by atoms with van der Waals surface area (Å²) in [5, 5.41) is 2.89. The molecule has 1 N–H and O–H groups in total. The lowest BCUT2D eigenvalue weighted by atomic mass is 10.1. The van der Waals surface area contributed by atoms with Crippen molar-refractivity contribution in [1.82, 2.24) is 9.80 Å². The summed E-state index contributed by atoms with van der Waals surface area (Å²) in [6.07, 6.45) is 4.29. The number of urea groups is 1. The molecular formula is C22H25N3O2. The van der Waals surface area contributed by atoms with Gasteiger partial charge in [-0.15, -0.1) is 0 Å². The molecule has 0 aromatic heterocycles. The molecule has 1 aliphatic rings. The Kier molecular flexibility index (Phi) is 6.39. The normalized spacial score (nSPS) is 15.1. The number of piperazine rings is 1. The molecule has 0 atom stereocenters. The molecule has 140 valence electrons. The standard InChI is InChI=1S/C22H25N3O2/c1-18(26)20-10-5-11-21(17-20)23-22(27)25-15-13-24(14-16-25)12-6-9-19-7-3-2-4-8-19/h2-11,17H,12-16H2,1H3,(H,23,27)/b9-6+. The van der Waals surface area contributed by atoms with E-state index in [0.29, 0.717) is 24.3 Å². The van der Waals surface area contributed by atoms with Crippen molar-refractivity contribution in [2.45, 2.75) is 6.92 Å². The number of carbonyl (C=O) groups excluding carboxylic acids is 2. The maximum atomic E-state index is 12.5. The smallest absolute Gasteiger partial charge is 0.321 e. The zero-order valence-electron chi connectivity index (χ0n) is 15.6. The van der Waals surface area contributed by atoms with Gasteiger partial charge in [0, 0.05) is 44.0 Å². The number of nitrogens with one attached hydrogen (secondary N) is 1. The number of anilines is 1. The first-order valence-electron chi connectivity index (χ1n) is 9.23. The number of amides is 2. The zero-order valence-corrected chi connectivity index (χ0v) is 15.6. The van der Waals surface area contributed by atoms with Crippen LogP contribution in [0.25, 0.3) is 6.08 Å². The fourth-order valence-electron chi connectivity index (χ4n) is 3.05. The Bertz CT molecular complexity index is 809. The van der Waals surface area contributed by atoms with Gasteiger partial charge in [0.2, 0.25) is 0 Å². The van der Waals surface area contributed by atoms with Crippen LogP contribution >= 0.6 is 0 Å². The Balaban J connectivity index is 1.46. The predicted octanol–water partition coefficient (Wildman–Crippen LogP) is 3.75. The number of hydrogen-bond acceptors (Lipinski definition) is 3.